The fraction of sp³-hybridized carbons (Fsp3) is 0.105. The first-order chi connectivity index (χ1) is 14.6. The highest BCUT2D eigenvalue weighted by atomic mass is 35.5. The number of hydrogen-bond acceptors (Lipinski definition) is 4. The van der Waals surface area contributed by atoms with Gasteiger partial charge in [-0.1, -0.05) is 17.7 Å². The average Bonchev–Trinajstić information content (AvgIpc) is 3.09. The van der Waals surface area contributed by atoms with Crippen molar-refractivity contribution in [3.8, 4) is 11.3 Å². The number of rotatable bonds is 3. The predicted octanol–water partition coefficient (Wildman–Crippen LogP) is 4.80. The molecule has 0 unspecified atom stereocenters. The second-order valence-corrected chi connectivity index (χ2v) is 6.90. The number of halogens is 6. The van der Waals surface area contributed by atoms with Crippen molar-refractivity contribution in [2.75, 3.05) is 11.9 Å². The lowest BCUT2D eigenvalue weighted by Crippen LogP contribution is -2.33. The number of benzene rings is 2. The zero-order valence-electron chi connectivity index (χ0n) is 15.2. The van der Waals surface area contributed by atoms with E-state index in [1.807, 2.05) is 0 Å². The fourth-order valence-corrected chi connectivity index (χ4v) is 3.26. The van der Waals surface area contributed by atoms with Crippen LogP contribution in [-0.2, 0) is 0 Å². The summed E-state index contributed by atoms with van der Waals surface area (Å²) in [5.41, 5.74) is 0.296. The van der Waals surface area contributed by atoms with Gasteiger partial charge in [-0.15, -0.1) is 0 Å². The number of carbonyl (C=O) groups is 1. The molecule has 0 aliphatic carbocycles. The number of aliphatic imine (C=N–C) groups is 1. The molecule has 1 aliphatic heterocycles. The van der Waals surface area contributed by atoms with Gasteiger partial charge in [0.05, 0.1) is 39.4 Å². The molecule has 0 radical (unpaired) electrons. The standard InChI is InChI=1S/C19H11ClF5N5O/c20-10-4-9-13(5-8(10)18(31)26-7-19(23,24)25)28-17(29-14-6-27-30-16(9)14)15-11(21)2-1-3-12(15)22/h1-6H,7H2,(H,26,31)(H,27,30)(H,28,29). The summed E-state index contributed by atoms with van der Waals surface area (Å²) in [5.74, 6) is -3.09. The van der Waals surface area contributed by atoms with Gasteiger partial charge in [0.15, 0.2) is 0 Å². The number of amidine groups is 1. The Morgan fingerprint density at radius 3 is 2.55 bits per heavy atom. The van der Waals surface area contributed by atoms with Crippen LogP contribution in [0.25, 0.3) is 11.3 Å². The first-order valence-corrected chi connectivity index (χ1v) is 9.04. The second-order valence-electron chi connectivity index (χ2n) is 6.49. The average molecular weight is 456 g/mol. The van der Waals surface area contributed by atoms with Gasteiger partial charge in [0.2, 0.25) is 0 Å². The van der Waals surface area contributed by atoms with Gasteiger partial charge in [0.1, 0.15) is 24.0 Å². The van der Waals surface area contributed by atoms with Crippen molar-refractivity contribution in [1.82, 2.24) is 15.5 Å². The molecular weight excluding hydrogens is 445 g/mol. The van der Waals surface area contributed by atoms with Gasteiger partial charge in [-0.2, -0.15) is 18.3 Å². The SMILES string of the molecule is O=C(NCC(F)(F)F)c1cc2c(cc1Cl)-c1[nH]ncc1NC(c1c(F)cccc1F)=N2. The van der Waals surface area contributed by atoms with Gasteiger partial charge in [-0.25, -0.2) is 13.8 Å². The maximum atomic E-state index is 14.4. The lowest BCUT2D eigenvalue weighted by molar-refractivity contribution is -0.123. The van der Waals surface area contributed by atoms with E-state index in [2.05, 4.69) is 20.5 Å². The Labute approximate surface area is 176 Å². The highest BCUT2D eigenvalue weighted by Gasteiger charge is 2.29. The van der Waals surface area contributed by atoms with Crippen LogP contribution in [0.2, 0.25) is 5.02 Å². The molecule has 160 valence electrons. The Balaban J connectivity index is 1.86. The first kappa shape index (κ1) is 20.8. The van der Waals surface area contributed by atoms with Gasteiger partial charge in [0.25, 0.3) is 5.91 Å². The Morgan fingerprint density at radius 2 is 1.87 bits per heavy atom. The Kier molecular flexibility index (Phi) is 5.13. The number of carbonyl (C=O) groups excluding carboxylic acids is 1. The number of nitrogens with one attached hydrogen (secondary N) is 3. The van der Waals surface area contributed by atoms with Crippen LogP contribution in [0, 0.1) is 11.6 Å². The third-order valence-corrected chi connectivity index (χ3v) is 4.69. The van der Waals surface area contributed by atoms with E-state index in [1.165, 1.54) is 18.3 Å². The molecule has 4 rings (SSSR count). The van der Waals surface area contributed by atoms with Crippen LogP contribution in [0.4, 0.5) is 33.3 Å². The Bertz CT molecular complexity index is 1200. The fourth-order valence-electron chi connectivity index (χ4n) is 3.01. The van der Waals surface area contributed by atoms with E-state index in [0.29, 0.717) is 16.9 Å². The molecule has 1 aromatic heterocycles. The molecule has 0 spiro atoms. The largest absolute Gasteiger partial charge is 0.405 e. The van der Waals surface area contributed by atoms with Gasteiger partial charge < -0.3 is 10.6 Å². The van der Waals surface area contributed by atoms with E-state index in [4.69, 9.17) is 11.6 Å². The number of aromatic amines is 1. The zero-order chi connectivity index (χ0) is 22.3. The van der Waals surface area contributed by atoms with Crippen molar-refractivity contribution in [1.29, 1.82) is 0 Å². The molecule has 0 fully saturated rings. The van der Waals surface area contributed by atoms with Gasteiger partial charge >= 0.3 is 6.18 Å². The number of hydrogen-bond donors (Lipinski definition) is 3. The molecular formula is C19H11ClF5N5O. The molecule has 0 bridgehead atoms. The van der Waals surface area contributed by atoms with Crippen LogP contribution in [0.3, 0.4) is 0 Å². The maximum absolute atomic E-state index is 14.4. The van der Waals surface area contributed by atoms with Crippen LogP contribution < -0.4 is 10.6 Å². The summed E-state index contributed by atoms with van der Waals surface area (Å²) < 4.78 is 66.0. The monoisotopic (exact) mass is 455 g/mol. The number of fused-ring (bicyclic) bond motifs is 3. The van der Waals surface area contributed by atoms with Crippen molar-refractivity contribution >= 4 is 34.7 Å². The number of H-pyrrole nitrogens is 1. The van der Waals surface area contributed by atoms with Gasteiger partial charge in [-0.05, 0) is 24.3 Å². The number of aromatic nitrogens is 2. The summed E-state index contributed by atoms with van der Waals surface area (Å²) in [7, 11) is 0. The van der Waals surface area contributed by atoms with Crippen molar-refractivity contribution in [2.24, 2.45) is 4.99 Å². The summed E-state index contributed by atoms with van der Waals surface area (Å²) in [5, 5.41) is 10.9. The number of anilines is 1. The van der Waals surface area contributed by atoms with Crippen LogP contribution in [0.15, 0.2) is 41.5 Å². The van der Waals surface area contributed by atoms with Crippen molar-refractivity contribution in [3.05, 3.63) is 64.3 Å². The van der Waals surface area contributed by atoms with E-state index < -0.39 is 35.8 Å². The van der Waals surface area contributed by atoms with E-state index in [9.17, 15) is 26.7 Å². The Morgan fingerprint density at radius 1 is 1.16 bits per heavy atom. The minimum atomic E-state index is -4.61. The van der Waals surface area contributed by atoms with Gasteiger partial charge in [-0.3, -0.25) is 9.89 Å². The molecule has 12 heteroatoms. The van der Waals surface area contributed by atoms with Crippen molar-refractivity contribution in [3.63, 3.8) is 0 Å². The molecule has 3 aromatic rings. The zero-order valence-corrected chi connectivity index (χ0v) is 16.0. The molecule has 0 saturated carbocycles. The molecule has 2 aromatic carbocycles. The lowest BCUT2D eigenvalue weighted by atomic mass is 10.0. The molecule has 6 nitrogen and oxygen atoms in total. The van der Waals surface area contributed by atoms with E-state index in [-0.39, 0.29) is 22.1 Å². The van der Waals surface area contributed by atoms with Crippen LogP contribution >= 0.6 is 11.6 Å². The highest BCUT2D eigenvalue weighted by Crippen LogP contribution is 2.40. The maximum Gasteiger partial charge on any atom is 0.405 e. The van der Waals surface area contributed by atoms with Crippen LogP contribution in [0.1, 0.15) is 15.9 Å². The number of nitrogens with zero attached hydrogens (tertiary/aromatic N) is 2. The number of alkyl halides is 3. The summed E-state index contributed by atoms with van der Waals surface area (Å²) in [4.78, 5) is 16.5. The van der Waals surface area contributed by atoms with Crippen LogP contribution in [0.5, 0.6) is 0 Å². The minimum Gasteiger partial charge on any atom is -0.343 e. The molecule has 1 amide bonds. The second kappa shape index (κ2) is 7.65. The Hall–Kier alpha value is -3.47. The summed E-state index contributed by atoms with van der Waals surface area (Å²) in [6.45, 7) is -1.56. The van der Waals surface area contributed by atoms with Gasteiger partial charge in [0, 0.05) is 5.56 Å². The first-order valence-electron chi connectivity index (χ1n) is 8.66. The normalized spacial score (nSPS) is 12.9. The topological polar surface area (TPSA) is 82.2 Å². The molecule has 0 saturated heterocycles. The molecule has 31 heavy (non-hydrogen) atoms. The smallest absolute Gasteiger partial charge is 0.343 e. The molecule has 3 N–H and O–H groups in total. The van der Waals surface area contributed by atoms with E-state index in [0.717, 1.165) is 18.2 Å². The molecule has 0 atom stereocenters. The van der Waals surface area contributed by atoms with E-state index >= 15 is 0 Å². The molecule has 2 heterocycles. The predicted molar refractivity (Wildman–Crippen MR) is 104 cm³/mol. The quantitative estimate of drug-likeness (QED) is 0.496. The highest BCUT2D eigenvalue weighted by molar-refractivity contribution is 6.34. The van der Waals surface area contributed by atoms with Crippen molar-refractivity contribution < 1.29 is 26.7 Å². The molecule has 1 aliphatic rings. The van der Waals surface area contributed by atoms with Crippen molar-refractivity contribution in [2.45, 2.75) is 6.18 Å². The van der Waals surface area contributed by atoms with Crippen LogP contribution in [-0.4, -0.2) is 34.7 Å². The summed E-state index contributed by atoms with van der Waals surface area (Å²) in [6, 6.07) is 5.72. The third-order valence-electron chi connectivity index (χ3n) is 4.37. The number of amides is 1. The summed E-state index contributed by atoms with van der Waals surface area (Å²) >= 11 is 6.13. The summed E-state index contributed by atoms with van der Waals surface area (Å²) in [6.07, 6.45) is -3.26. The van der Waals surface area contributed by atoms with E-state index in [1.54, 1.807) is 5.32 Å². The minimum absolute atomic E-state index is 0.0368. The lowest BCUT2D eigenvalue weighted by Gasteiger charge is -2.12. The third kappa shape index (κ3) is 4.08.